The maximum Gasteiger partial charge on any atom is 0.154 e. The minimum atomic E-state index is 0.818. The van der Waals surface area contributed by atoms with E-state index < -0.39 is 0 Å². The van der Waals surface area contributed by atoms with E-state index in [0.29, 0.717) is 0 Å². The average molecular weight is 148 g/mol. The third-order valence-corrected chi connectivity index (χ3v) is 1.57. The van der Waals surface area contributed by atoms with Gasteiger partial charge in [0, 0.05) is 12.4 Å². The lowest BCUT2D eigenvalue weighted by molar-refractivity contribution is 1.08. The largest absolute Gasteiger partial charge is 0.237 e. The monoisotopic (exact) mass is 148 g/mol. The van der Waals surface area contributed by atoms with Crippen LogP contribution in [0.25, 0.3) is 5.57 Å². The van der Waals surface area contributed by atoms with Gasteiger partial charge in [0.25, 0.3) is 0 Å². The summed E-state index contributed by atoms with van der Waals surface area (Å²) in [7, 11) is 0. The average Bonchev–Trinajstić information content (AvgIpc) is 2.05. The summed E-state index contributed by atoms with van der Waals surface area (Å²) >= 11 is 0. The number of aryl methyl sites for hydroxylation is 1. The van der Waals surface area contributed by atoms with Crippen LogP contribution in [0.2, 0.25) is 0 Å². The lowest BCUT2D eigenvalue weighted by atomic mass is 10.2. The SMILES string of the molecule is C/C=C(\C)c1ncc(C)cn1. The zero-order valence-corrected chi connectivity index (χ0v) is 7.13. The van der Waals surface area contributed by atoms with Gasteiger partial charge in [0.05, 0.1) is 0 Å². The Morgan fingerprint density at radius 2 is 1.91 bits per heavy atom. The van der Waals surface area contributed by atoms with Crippen molar-refractivity contribution in [3.05, 3.63) is 29.9 Å². The summed E-state index contributed by atoms with van der Waals surface area (Å²) in [5.41, 5.74) is 2.21. The molecule has 0 bridgehead atoms. The highest BCUT2D eigenvalue weighted by molar-refractivity contribution is 5.56. The molecule has 0 aromatic carbocycles. The van der Waals surface area contributed by atoms with Crippen molar-refractivity contribution in [3.63, 3.8) is 0 Å². The van der Waals surface area contributed by atoms with Gasteiger partial charge in [-0.1, -0.05) is 6.08 Å². The fourth-order valence-corrected chi connectivity index (χ4v) is 0.725. The lowest BCUT2D eigenvalue weighted by Gasteiger charge is -1.97. The quantitative estimate of drug-likeness (QED) is 0.610. The summed E-state index contributed by atoms with van der Waals surface area (Å²) in [6, 6.07) is 0. The van der Waals surface area contributed by atoms with Gasteiger partial charge in [0.2, 0.25) is 0 Å². The molecule has 0 aliphatic rings. The van der Waals surface area contributed by atoms with Gasteiger partial charge in [-0.2, -0.15) is 0 Å². The van der Waals surface area contributed by atoms with E-state index in [1.54, 1.807) is 0 Å². The van der Waals surface area contributed by atoms with Crippen LogP contribution >= 0.6 is 0 Å². The molecule has 0 saturated heterocycles. The first kappa shape index (κ1) is 7.92. The summed E-state index contributed by atoms with van der Waals surface area (Å²) in [4.78, 5) is 8.34. The van der Waals surface area contributed by atoms with Crippen molar-refractivity contribution in [2.45, 2.75) is 20.8 Å². The van der Waals surface area contributed by atoms with Crippen molar-refractivity contribution in [1.29, 1.82) is 0 Å². The first-order valence-corrected chi connectivity index (χ1v) is 3.66. The molecule has 11 heavy (non-hydrogen) atoms. The molecular formula is C9H12N2. The van der Waals surface area contributed by atoms with Gasteiger partial charge in [-0.3, -0.25) is 0 Å². The molecule has 2 nitrogen and oxygen atoms in total. The van der Waals surface area contributed by atoms with Crippen LogP contribution in [0.15, 0.2) is 18.5 Å². The predicted molar refractivity (Wildman–Crippen MR) is 46.1 cm³/mol. The summed E-state index contributed by atoms with van der Waals surface area (Å²) in [6.45, 7) is 5.97. The predicted octanol–water partition coefficient (Wildman–Crippen LogP) is 2.21. The molecule has 1 aromatic rings. The van der Waals surface area contributed by atoms with Crippen LogP contribution in [0.4, 0.5) is 0 Å². The molecule has 58 valence electrons. The molecule has 1 aromatic heterocycles. The topological polar surface area (TPSA) is 25.8 Å². The minimum absolute atomic E-state index is 0.818. The van der Waals surface area contributed by atoms with E-state index in [1.165, 1.54) is 0 Å². The van der Waals surface area contributed by atoms with Crippen molar-refractivity contribution in [2.24, 2.45) is 0 Å². The molecule has 0 aliphatic carbocycles. The third-order valence-electron chi connectivity index (χ3n) is 1.57. The van der Waals surface area contributed by atoms with Crippen LogP contribution in [0, 0.1) is 6.92 Å². The Labute approximate surface area is 67.0 Å². The zero-order chi connectivity index (χ0) is 8.27. The van der Waals surface area contributed by atoms with E-state index in [4.69, 9.17) is 0 Å². The third kappa shape index (κ3) is 1.87. The summed E-state index contributed by atoms with van der Waals surface area (Å²) < 4.78 is 0. The van der Waals surface area contributed by atoms with Gasteiger partial charge >= 0.3 is 0 Å². The van der Waals surface area contributed by atoms with E-state index in [1.807, 2.05) is 39.2 Å². The smallest absolute Gasteiger partial charge is 0.154 e. The normalized spacial score (nSPS) is 11.7. The summed E-state index contributed by atoms with van der Waals surface area (Å²) in [5, 5.41) is 0. The van der Waals surface area contributed by atoms with Crippen LogP contribution in [-0.2, 0) is 0 Å². The van der Waals surface area contributed by atoms with Crippen molar-refractivity contribution in [2.75, 3.05) is 0 Å². The number of nitrogens with zero attached hydrogens (tertiary/aromatic N) is 2. The van der Waals surface area contributed by atoms with Crippen LogP contribution in [0.5, 0.6) is 0 Å². The molecule has 0 N–H and O–H groups in total. The van der Waals surface area contributed by atoms with Gasteiger partial charge in [-0.15, -0.1) is 0 Å². The van der Waals surface area contributed by atoms with Gasteiger partial charge < -0.3 is 0 Å². The first-order chi connectivity index (χ1) is 5.24. The molecule has 0 aliphatic heterocycles. The van der Waals surface area contributed by atoms with Gasteiger partial charge in [0.15, 0.2) is 5.82 Å². The Morgan fingerprint density at radius 1 is 1.36 bits per heavy atom. The van der Waals surface area contributed by atoms with E-state index in [9.17, 15) is 0 Å². The summed E-state index contributed by atoms with van der Waals surface area (Å²) in [5.74, 6) is 0.818. The molecule has 0 atom stereocenters. The van der Waals surface area contributed by atoms with Crippen LogP contribution in [0.3, 0.4) is 0 Å². The van der Waals surface area contributed by atoms with Crippen LogP contribution in [-0.4, -0.2) is 9.97 Å². The molecule has 0 radical (unpaired) electrons. The molecular weight excluding hydrogens is 136 g/mol. The first-order valence-electron chi connectivity index (χ1n) is 3.66. The van der Waals surface area contributed by atoms with Gasteiger partial charge in [-0.25, -0.2) is 9.97 Å². The van der Waals surface area contributed by atoms with Crippen molar-refractivity contribution < 1.29 is 0 Å². The van der Waals surface area contributed by atoms with E-state index in [0.717, 1.165) is 17.0 Å². The molecule has 0 amide bonds. The second-order valence-electron chi connectivity index (χ2n) is 2.56. The number of rotatable bonds is 1. The van der Waals surface area contributed by atoms with Crippen LogP contribution in [0.1, 0.15) is 25.2 Å². The van der Waals surface area contributed by atoms with E-state index in [2.05, 4.69) is 9.97 Å². The van der Waals surface area contributed by atoms with Crippen molar-refractivity contribution in [1.82, 2.24) is 9.97 Å². The Bertz CT molecular complexity index is 259. The highest BCUT2D eigenvalue weighted by Crippen LogP contribution is 2.06. The number of hydrogen-bond donors (Lipinski definition) is 0. The highest BCUT2D eigenvalue weighted by atomic mass is 14.9. The molecule has 0 fully saturated rings. The Hall–Kier alpha value is -1.18. The number of allylic oxidation sites excluding steroid dienone is 2. The van der Waals surface area contributed by atoms with E-state index in [-0.39, 0.29) is 0 Å². The minimum Gasteiger partial charge on any atom is -0.237 e. The fourth-order valence-electron chi connectivity index (χ4n) is 0.725. The Kier molecular flexibility index (Phi) is 2.36. The van der Waals surface area contributed by atoms with Gasteiger partial charge in [-0.05, 0) is 31.9 Å². The highest BCUT2D eigenvalue weighted by Gasteiger charge is 1.95. The molecule has 2 heteroatoms. The number of aromatic nitrogens is 2. The maximum atomic E-state index is 4.17. The Balaban J connectivity index is 2.99. The standard InChI is InChI=1S/C9H12N2/c1-4-8(3)9-10-5-7(2)6-11-9/h4-6H,1-3H3/b8-4+. The second kappa shape index (κ2) is 3.28. The Morgan fingerprint density at radius 3 is 2.36 bits per heavy atom. The molecule has 0 spiro atoms. The molecule has 1 heterocycles. The van der Waals surface area contributed by atoms with Crippen molar-refractivity contribution >= 4 is 5.57 Å². The second-order valence-corrected chi connectivity index (χ2v) is 2.56. The maximum absolute atomic E-state index is 4.17. The van der Waals surface area contributed by atoms with Crippen molar-refractivity contribution in [3.8, 4) is 0 Å². The summed E-state index contributed by atoms with van der Waals surface area (Å²) in [6.07, 6.45) is 5.66. The molecule has 1 rings (SSSR count). The van der Waals surface area contributed by atoms with E-state index >= 15 is 0 Å². The molecule has 0 unspecified atom stereocenters. The zero-order valence-electron chi connectivity index (χ0n) is 7.13. The van der Waals surface area contributed by atoms with Crippen LogP contribution < -0.4 is 0 Å². The number of hydrogen-bond acceptors (Lipinski definition) is 2. The molecule has 0 saturated carbocycles. The lowest BCUT2D eigenvalue weighted by Crippen LogP contribution is -1.90. The fraction of sp³-hybridized carbons (Fsp3) is 0.333. The van der Waals surface area contributed by atoms with Gasteiger partial charge in [0.1, 0.15) is 0 Å².